The molecule has 112 valence electrons. The van der Waals surface area contributed by atoms with Crippen molar-refractivity contribution in [1.82, 2.24) is 4.98 Å². The summed E-state index contributed by atoms with van der Waals surface area (Å²) in [6.07, 6.45) is 0.216. The number of halogens is 1. The maximum absolute atomic E-state index is 12.0. The lowest BCUT2D eigenvalue weighted by molar-refractivity contribution is -0.384. The van der Waals surface area contributed by atoms with Crippen LogP contribution in [-0.2, 0) is 11.2 Å². The second kappa shape index (κ2) is 5.99. The first-order chi connectivity index (χ1) is 10.5. The molecule has 0 atom stereocenters. The molecule has 1 amide bonds. The van der Waals surface area contributed by atoms with Crippen molar-refractivity contribution in [3.8, 4) is 0 Å². The standard InChI is InChI=1S/C13H8ClN3O3S2/c14-11-4-2-8(21-11)6-12(18)16-13-15-9-5-7(17(19)20)1-3-10(9)22-13/h1-5H,6H2,(H,15,16,18). The molecule has 3 rings (SSSR count). The van der Waals surface area contributed by atoms with Crippen LogP contribution in [-0.4, -0.2) is 15.8 Å². The number of anilines is 1. The molecule has 0 aliphatic carbocycles. The number of hydrogen-bond donors (Lipinski definition) is 1. The van der Waals surface area contributed by atoms with Crippen LogP contribution in [0.3, 0.4) is 0 Å². The highest BCUT2D eigenvalue weighted by Gasteiger charge is 2.12. The van der Waals surface area contributed by atoms with Gasteiger partial charge in [-0.15, -0.1) is 11.3 Å². The summed E-state index contributed by atoms with van der Waals surface area (Å²) in [6, 6.07) is 7.97. The third-order valence-electron chi connectivity index (χ3n) is 2.79. The number of non-ortho nitro benzene ring substituents is 1. The van der Waals surface area contributed by atoms with Gasteiger partial charge in [0.05, 0.1) is 25.9 Å². The fraction of sp³-hybridized carbons (Fsp3) is 0.0769. The maximum Gasteiger partial charge on any atom is 0.271 e. The third-order valence-corrected chi connectivity index (χ3v) is 4.97. The van der Waals surface area contributed by atoms with Crippen molar-refractivity contribution in [2.45, 2.75) is 6.42 Å². The highest BCUT2D eigenvalue weighted by atomic mass is 35.5. The average Bonchev–Trinajstić information content (AvgIpc) is 3.03. The van der Waals surface area contributed by atoms with Crippen LogP contribution in [0.4, 0.5) is 10.8 Å². The molecular weight excluding hydrogens is 346 g/mol. The largest absolute Gasteiger partial charge is 0.302 e. The van der Waals surface area contributed by atoms with Gasteiger partial charge in [-0.1, -0.05) is 22.9 Å². The molecule has 3 aromatic rings. The number of hydrogen-bond acceptors (Lipinski definition) is 6. The summed E-state index contributed by atoms with van der Waals surface area (Å²) in [5.41, 5.74) is 0.470. The van der Waals surface area contributed by atoms with Gasteiger partial charge in [0, 0.05) is 17.0 Å². The molecule has 0 aliphatic rings. The van der Waals surface area contributed by atoms with Crippen molar-refractivity contribution in [2.24, 2.45) is 0 Å². The predicted octanol–water partition coefficient (Wildman–Crippen LogP) is 4.10. The Kier molecular flexibility index (Phi) is 4.06. The summed E-state index contributed by atoms with van der Waals surface area (Å²) >= 11 is 8.44. The molecule has 2 heterocycles. The highest BCUT2D eigenvalue weighted by molar-refractivity contribution is 7.22. The van der Waals surface area contributed by atoms with E-state index >= 15 is 0 Å². The van der Waals surface area contributed by atoms with Crippen LogP contribution in [0.15, 0.2) is 30.3 Å². The van der Waals surface area contributed by atoms with Crippen molar-refractivity contribution in [2.75, 3.05) is 5.32 Å². The minimum Gasteiger partial charge on any atom is -0.302 e. The van der Waals surface area contributed by atoms with Gasteiger partial charge in [-0.2, -0.15) is 0 Å². The second-order valence-electron chi connectivity index (χ2n) is 4.36. The van der Waals surface area contributed by atoms with Gasteiger partial charge in [-0.05, 0) is 18.2 Å². The van der Waals surface area contributed by atoms with Crippen LogP contribution in [0.2, 0.25) is 4.34 Å². The molecule has 0 unspecified atom stereocenters. The number of fused-ring (bicyclic) bond motifs is 1. The van der Waals surface area contributed by atoms with Gasteiger partial charge in [-0.25, -0.2) is 4.98 Å². The van der Waals surface area contributed by atoms with Crippen molar-refractivity contribution in [3.63, 3.8) is 0 Å². The highest BCUT2D eigenvalue weighted by Crippen LogP contribution is 2.29. The zero-order valence-electron chi connectivity index (χ0n) is 10.9. The first-order valence-corrected chi connectivity index (χ1v) is 8.11. The zero-order valence-corrected chi connectivity index (χ0v) is 13.3. The molecule has 0 spiro atoms. The van der Waals surface area contributed by atoms with E-state index < -0.39 is 4.92 Å². The fourth-order valence-corrected chi connectivity index (χ4v) is 3.80. The lowest BCUT2D eigenvalue weighted by Crippen LogP contribution is -2.13. The van der Waals surface area contributed by atoms with Gasteiger partial charge in [-0.3, -0.25) is 14.9 Å². The smallest absolute Gasteiger partial charge is 0.271 e. The third kappa shape index (κ3) is 3.24. The molecule has 0 bridgehead atoms. The molecule has 1 N–H and O–H groups in total. The summed E-state index contributed by atoms with van der Waals surface area (Å²) in [5.74, 6) is -0.202. The van der Waals surface area contributed by atoms with E-state index in [1.54, 1.807) is 18.2 Å². The summed E-state index contributed by atoms with van der Waals surface area (Å²) in [6.45, 7) is 0. The number of rotatable bonds is 4. The second-order valence-corrected chi connectivity index (χ2v) is 7.19. The Hall–Kier alpha value is -2.03. The Morgan fingerprint density at radius 2 is 2.14 bits per heavy atom. The quantitative estimate of drug-likeness (QED) is 0.565. The first-order valence-electron chi connectivity index (χ1n) is 6.10. The van der Waals surface area contributed by atoms with E-state index in [4.69, 9.17) is 11.6 Å². The number of nitro groups is 1. The Morgan fingerprint density at radius 3 is 2.82 bits per heavy atom. The number of thiophene rings is 1. The van der Waals surface area contributed by atoms with E-state index in [9.17, 15) is 14.9 Å². The summed E-state index contributed by atoms with van der Waals surface area (Å²) < 4.78 is 1.41. The normalized spacial score (nSPS) is 10.8. The fourth-order valence-electron chi connectivity index (χ4n) is 1.85. The SMILES string of the molecule is O=C(Cc1ccc(Cl)s1)Nc1nc2cc([N+](=O)[O-])ccc2s1. The van der Waals surface area contributed by atoms with Crippen LogP contribution in [0.1, 0.15) is 4.88 Å². The number of carbonyl (C=O) groups is 1. The van der Waals surface area contributed by atoms with Gasteiger partial charge in [0.25, 0.3) is 5.69 Å². The number of amides is 1. The summed E-state index contributed by atoms with van der Waals surface area (Å²) in [7, 11) is 0. The lowest BCUT2D eigenvalue weighted by atomic mass is 10.3. The minimum atomic E-state index is -0.475. The molecule has 2 aromatic heterocycles. The number of nitro benzene ring substituents is 1. The molecule has 0 fully saturated rings. The summed E-state index contributed by atoms with van der Waals surface area (Å²) in [5, 5.41) is 13.9. The molecule has 0 saturated heterocycles. The van der Waals surface area contributed by atoms with E-state index in [1.807, 2.05) is 0 Å². The maximum atomic E-state index is 12.0. The Bertz CT molecular complexity index is 874. The number of thiazole rings is 1. The number of carbonyl (C=O) groups excluding carboxylic acids is 1. The van der Waals surface area contributed by atoms with Gasteiger partial charge in [0.1, 0.15) is 0 Å². The molecule has 6 nitrogen and oxygen atoms in total. The van der Waals surface area contributed by atoms with E-state index in [-0.39, 0.29) is 18.0 Å². The molecule has 9 heteroatoms. The van der Waals surface area contributed by atoms with Crippen LogP contribution < -0.4 is 5.32 Å². The van der Waals surface area contributed by atoms with E-state index in [1.165, 1.54) is 34.8 Å². The summed E-state index contributed by atoms with van der Waals surface area (Å²) in [4.78, 5) is 27.3. The van der Waals surface area contributed by atoms with Crippen LogP contribution in [0, 0.1) is 10.1 Å². The molecule has 0 aliphatic heterocycles. The van der Waals surface area contributed by atoms with Crippen LogP contribution in [0.25, 0.3) is 10.2 Å². The van der Waals surface area contributed by atoms with Crippen molar-refractivity contribution >= 4 is 61.2 Å². The molecule has 1 aromatic carbocycles. The van der Waals surface area contributed by atoms with Gasteiger partial charge in [0.15, 0.2) is 5.13 Å². The minimum absolute atomic E-state index is 0.0242. The van der Waals surface area contributed by atoms with Gasteiger partial charge >= 0.3 is 0 Å². The Morgan fingerprint density at radius 1 is 1.32 bits per heavy atom. The van der Waals surface area contributed by atoms with Crippen LogP contribution >= 0.6 is 34.3 Å². The van der Waals surface area contributed by atoms with Crippen LogP contribution in [0.5, 0.6) is 0 Å². The van der Waals surface area contributed by atoms with Crippen molar-refractivity contribution in [3.05, 3.63) is 49.7 Å². The topological polar surface area (TPSA) is 85.1 Å². The van der Waals surface area contributed by atoms with Crippen molar-refractivity contribution < 1.29 is 9.72 Å². The number of nitrogens with zero attached hydrogens (tertiary/aromatic N) is 2. The average molecular weight is 354 g/mol. The van der Waals surface area contributed by atoms with E-state index in [0.29, 0.717) is 15.0 Å². The first kappa shape index (κ1) is 14.9. The lowest BCUT2D eigenvalue weighted by Gasteiger charge is -1.98. The van der Waals surface area contributed by atoms with Gasteiger partial charge in [0.2, 0.25) is 5.91 Å². The van der Waals surface area contributed by atoms with Crippen molar-refractivity contribution in [1.29, 1.82) is 0 Å². The number of nitrogens with one attached hydrogen (secondary N) is 1. The Balaban J connectivity index is 1.76. The monoisotopic (exact) mass is 353 g/mol. The molecule has 0 saturated carbocycles. The predicted molar refractivity (Wildman–Crippen MR) is 87.9 cm³/mol. The molecule has 0 radical (unpaired) electrons. The van der Waals surface area contributed by atoms with Gasteiger partial charge < -0.3 is 5.32 Å². The molecular formula is C13H8ClN3O3S2. The zero-order chi connectivity index (χ0) is 15.7. The molecule has 22 heavy (non-hydrogen) atoms. The number of benzene rings is 1. The van der Waals surface area contributed by atoms with E-state index in [2.05, 4.69) is 10.3 Å². The van der Waals surface area contributed by atoms with E-state index in [0.717, 1.165) is 9.58 Å². The Labute approximate surface area is 137 Å². The number of aromatic nitrogens is 1.